The molecule has 0 aromatic rings. The number of unbranched alkanes of at least 4 members (excludes halogenated alkanes) is 3. The second kappa shape index (κ2) is 40.8. The van der Waals surface area contributed by atoms with Crippen molar-refractivity contribution in [3.63, 3.8) is 0 Å². The third kappa shape index (κ3) is 26.9. The molecule has 98 heavy (non-hydrogen) atoms. The molecular weight excluding hydrogens is 1260 g/mol. The largest absolute Gasteiger partial charge is 0.467 e. The molecule has 27 heteroatoms. The zero-order chi connectivity index (χ0) is 75.9. The fraction of sp³-hybridized carbons (Fsp3) is 0.817. The molecule has 1 aliphatic heterocycles. The Kier molecular flexibility index (Phi) is 37.1. The maximum absolute atomic E-state index is 15.4. The van der Waals surface area contributed by atoms with Crippen LogP contribution in [0.1, 0.15) is 202 Å². The summed E-state index contributed by atoms with van der Waals surface area (Å²) in [7, 11) is 10.7. The van der Waals surface area contributed by atoms with Crippen molar-refractivity contribution in [3.8, 4) is 0 Å². The number of hydrogen-bond donors (Lipinski definition) is 5. The molecule has 1 heterocycles. The molecule has 0 aromatic heterocycles. The first kappa shape index (κ1) is 88.9. The van der Waals surface area contributed by atoms with E-state index in [1.54, 1.807) is 69.2 Å². The van der Waals surface area contributed by atoms with E-state index in [1.807, 2.05) is 48.5 Å². The van der Waals surface area contributed by atoms with E-state index in [0.29, 0.717) is 19.4 Å². The Morgan fingerprint density at radius 3 is 1.32 bits per heavy atom. The molecule has 1 fully saturated rings. The Bertz CT molecular complexity index is 2700. The summed E-state index contributed by atoms with van der Waals surface area (Å²) in [4.78, 5) is 198. The van der Waals surface area contributed by atoms with Crippen LogP contribution in [0.4, 0.5) is 4.79 Å². The number of likely N-dealkylation sites (N-methyl/N-ethyl adjacent to an activating group) is 7. The van der Waals surface area contributed by atoms with Gasteiger partial charge in [0.15, 0.2) is 0 Å². The Morgan fingerprint density at radius 2 is 0.857 bits per heavy atom. The lowest BCUT2D eigenvalue weighted by atomic mass is 9.92. The number of alkyl carbamates (subject to hydrolysis) is 1. The third-order valence-corrected chi connectivity index (χ3v) is 18.0. The van der Waals surface area contributed by atoms with Crippen molar-refractivity contribution < 1.29 is 71.8 Å². The summed E-state index contributed by atoms with van der Waals surface area (Å²) in [5, 5.41) is 13.8. The van der Waals surface area contributed by atoms with Gasteiger partial charge in [-0.05, 0) is 121 Å². The van der Waals surface area contributed by atoms with Gasteiger partial charge in [0.25, 0.3) is 5.91 Å². The topological polar surface area (TPSA) is 323 Å². The van der Waals surface area contributed by atoms with Crippen molar-refractivity contribution >= 4 is 77.0 Å². The lowest BCUT2D eigenvalue weighted by Gasteiger charge is -2.41. The van der Waals surface area contributed by atoms with E-state index in [2.05, 4.69) is 26.6 Å². The second-order valence-electron chi connectivity index (χ2n) is 30.5. The Balaban J connectivity index is 4.39. The first-order valence-corrected chi connectivity index (χ1v) is 35.3. The Morgan fingerprint density at radius 1 is 0.449 bits per heavy atom. The molecule has 1 saturated heterocycles. The van der Waals surface area contributed by atoms with Crippen molar-refractivity contribution in [1.29, 1.82) is 0 Å². The summed E-state index contributed by atoms with van der Waals surface area (Å²) >= 11 is 0. The lowest BCUT2D eigenvalue weighted by Crippen LogP contribution is -2.63. The fourth-order valence-electron chi connectivity index (χ4n) is 12.2. The SMILES string of the molecule is CC[C@@H]1NC(=O)[C@H](C[C@H](C)CCCCCCNC(=O)OC(C)(C)C)N(C)C(=O)[C@H](C(C)C)N(C)C(=O)[C@H](CC(C)C)N(C)C(=O)[C@H](CC(C)C)N(C)C(=O)[C@H](C)NC(=O)[C@@H](C)NC(=O)[C@@H](CC(C)C)N(C)C(=O)[C@@H](C(C)C)NC(=O)[C@H](CC(C)C)N(C)C(=O)[C@@H](C(=O)OC)N(C)C1=O. The van der Waals surface area contributed by atoms with Gasteiger partial charge in [0.05, 0.1) is 7.11 Å². The maximum Gasteiger partial charge on any atom is 0.407 e. The number of methoxy groups -OCH3 is 1. The Labute approximate surface area is 586 Å². The summed E-state index contributed by atoms with van der Waals surface area (Å²) in [6, 6.07) is -14.6. The van der Waals surface area contributed by atoms with Crippen molar-refractivity contribution in [1.82, 2.24) is 60.9 Å². The number of ether oxygens (including phenoxy) is 2. The number of nitrogens with zero attached hydrogens (tertiary/aromatic N) is 7. The third-order valence-electron chi connectivity index (χ3n) is 18.0. The van der Waals surface area contributed by atoms with E-state index in [0.717, 1.165) is 36.2 Å². The predicted molar refractivity (Wildman–Crippen MR) is 376 cm³/mol. The zero-order valence-corrected chi connectivity index (χ0v) is 64.6. The van der Waals surface area contributed by atoms with Crippen LogP contribution < -0.4 is 26.6 Å². The van der Waals surface area contributed by atoms with Crippen LogP contribution >= 0.6 is 0 Å². The first-order chi connectivity index (χ1) is 45.2. The summed E-state index contributed by atoms with van der Waals surface area (Å²) in [6.45, 7) is 33.8. The number of carbonyl (C=O) groups excluding carboxylic acids is 13. The van der Waals surface area contributed by atoms with E-state index < -0.39 is 161 Å². The van der Waals surface area contributed by atoms with Gasteiger partial charge in [0.1, 0.15) is 66.0 Å². The van der Waals surface area contributed by atoms with Crippen molar-refractivity contribution in [2.75, 3.05) is 63.0 Å². The minimum Gasteiger partial charge on any atom is -0.467 e. The number of hydrogen-bond acceptors (Lipinski definition) is 15. The second-order valence-corrected chi connectivity index (χ2v) is 30.5. The van der Waals surface area contributed by atoms with Crippen LogP contribution in [0.2, 0.25) is 0 Å². The normalized spacial score (nSPS) is 25.3. The van der Waals surface area contributed by atoms with Gasteiger partial charge >= 0.3 is 12.1 Å². The van der Waals surface area contributed by atoms with Crippen LogP contribution in [0.3, 0.4) is 0 Å². The molecule has 1 rings (SSSR count). The monoisotopic (exact) mass is 1390 g/mol. The molecule has 562 valence electrons. The highest BCUT2D eigenvalue weighted by molar-refractivity contribution is 6.07. The van der Waals surface area contributed by atoms with E-state index >= 15 is 19.2 Å². The van der Waals surface area contributed by atoms with Gasteiger partial charge in [0, 0.05) is 55.9 Å². The van der Waals surface area contributed by atoms with Crippen molar-refractivity contribution in [2.24, 2.45) is 41.4 Å². The average molecular weight is 1390 g/mol. The maximum atomic E-state index is 15.4. The standard InChI is InChI=1S/C71H128N12O15/c1-28-49-63(89)83(26)57(69(95)97-27)68(94)78(21)51(36-41(4)5)61(87)76-55(44(10)11)66(92)77(20)50(35-40(2)3)59(85)73-47(15)58(84)74-48(16)62(88)80(23)53(37-42(6)7)64(90)81(24)54(38-43(8)9)65(91)82(25)56(45(12)13)67(93)79(22)52(60(86)75-49)39-46(14)33-31-29-30-32-34-72-70(96)98-71(17,18)19/h40-57H,28-39H2,1-27H3,(H,72,96)(H,73,85)(H,74,84)(H,75,86)(H,76,87)/t46-,47-,48+,49+,50-,51+,52+,53+,54+,55-,56+,57+/m1/s1. The number of esters is 1. The molecule has 27 nitrogen and oxygen atoms in total. The number of rotatable bonds is 21. The average Bonchev–Trinajstić information content (AvgIpc) is 0.810. The van der Waals surface area contributed by atoms with Crippen LogP contribution in [0.5, 0.6) is 0 Å². The molecular formula is C71H128N12O15. The van der Waals surface area contributed by atoms with Gasteiger partial charge in [-0.3, -0.25) is 52.7 Å². The number of carbonyl (C=O) groups is 13. The Hall–Kier alpha value is -7.09. The molecule has 12 atom stereocenters. The van der Waals surface area contributed by atoms with Gasteiger partial charge in [-0.2, -0.15) is 0 Å². The highest BCUT2D eigenvalue weighted by Crippen LogP contribution is 2.27. The van der Waals surface area contributed by atoms with Crippen molar-refractivity contribution in [2.45, 2.75) is 274 Å². The quantitative estimate of drug-likeness (QED) is 0.0550. The van der Waals surface area contributed by atoms with E-state index in [4.69, 9.17) is 9.47 Å². The van der Waals surface area contributed by atoms with Gasteiger partial charge in [-0.15, -0.1) is 0 Å². The summed E-state index contributed by atoms with van der Waals surface area (Å²) < 4.78 is 10.5. The summed E-state index contributed by atoms with van der Waals surface area (Å²) in [5.74, 6) is -11.4. The van der Waals surface area contributed by atoms with E-state index in [-0.39, 0.29) is 68.1 Å². The van der Waals surface area contributed by atoms with E-state index in [1.165, 1.54) is 87.7 Å². The van der Waals surface area contributed by atoms with Gasteiger partial charge in [-0.25, -0.2) is 9.59 Å². The van der Waals surface area contributed by atoms with Crippen LogP contribution in [-0.4, -0.2) is 246 Å². The smallest absolute Gasteiger partial charge is 0.407 e. The van der Waals surface area contributed by atoms with Crippen LogP contribution in [0.15, 0.2) is 0 Å². The molecule has 0 saturated carbocycles. The van der Waals surface area contributed by atoms with Crippen LogP contribution in [-0.2, 0) is 67.0 Å². The zero-order valence-electron chi connectivity index (χ0n) is 64.6. The minimum atomic E-state index is -2.01. The summed E-state index contributed by atoms with van der Waals surface area (Å²) in [5.41, 5.74) is -0.644. The molecule has 0 spiro atoms. The molecule has 1 aliphatic rings. The molecule has 0 aromatic carbocycles. The highest BCUT2D eigenvalue weighted by atomic mass is 16.6. The van der Waals surface area contributed by atoms with E-state index in [9.17, 15) is 43.2 Å². The van der Waals surface area contributed by atoms with Crippen LogP contribution in [0, 0.1) is 41.4 Å². The molecule has 0 bridgehead atoms. The van der Waals surface area contributed by atoms with Gasteiger partial charge in [-0.1, -0.05) is 123 Å². The van der Waals surface area contributed by atoms with Crippen LogP contribution in [0.25, 0.3) is 0 Å². The predicted octanol–water partition coefficient (Wildman–Crippen LogP) is 5.35. The molecule has 5 N–H and O–H groups in total. The molecule has 0 unspecified atom stereocenters. The lowest BCUT2D eigenvalue weighted by molar-refractivity contribution is -0.162. The molecule has 0 radical (unpaired) electrons. The fourth-order valence-corrected chi connectivity index (χ4v) is 12.2. The minimum absolute atomic E-state index is 0.00811. The molecule has 0 aliphatic carbocycles. The summed E-state index contributed by atoms with van der Waals surface area (Å²) in [6.07, 6.45) is 3.46. The first-order valence-electron chi connectivity index (χ1n) is 35.3. The number of amides is 12. The van der Waals surface area contributed by atoms with Gasteiger partial charge < -0.3 is 70.4 Å². The highest BCUT2D eigenvalue weighted by Gasteiger charge is 2.46. The number of nitrogens with one attached hydrogen (secondary N) is 5. The van der Waals surface area contributed by atoms with Gasteiger partial charge in [0.2, 0.25) is 65.1 Å². The molecule has 12 amide bonds. The van der Waals surface area contributed by atoms with Crippen molar-refractivity contribution in [3.05, 3.63) is 0 Å².